The Morgan fingerprint density at radius 1 is 1.13 bits per heavy atom. The predicted octanol–water partition coefficient (Wildman–Crippen LogP) is 0.800. The Morgan fingerprint density at radius 2 is 1.84 bits per heavy atom. The molecule has 5 amide bonds. The lowest BCUT2D eigenvalue weighted by Crippen LogP contribution is -2.52. The summed E-state index contributed by atoms with van der Waals surface area (Å²) in [6, 6.07) is 4.47. The lowest BCUT2D eigenvalue weighted by Gasteiger charge is -2.31. The SMILES string of the molecule is CN(C(=O)C1CCN(C(=O)O)CC1)c1ccc2c(c1)CN(C1CCC(=O)NC1=O)C2=O. The van der Waals surface area contributed by atoms with Gasteiger partial charge in [0.2, 0.25) is 17.7 Å². The second kappa shape index (κ2) is 8.01. The summed E-state index contributed by atoms with van der Waals surface area (Å²) in [7, 11) is 1.67. The van der Waals surface area contributed by atoms with Crippen molar-refractivity contribution in [3.8, 4) is 0 Å². The highest BCUT2D eigenvalue weighted by Crippen LogP contribution is 2.31. The summed E-state index contributed by atoms with van der Waals surface area (Å²) in [5.41, 5.74) is 1.86. The largest absolute Gasteiger partial charge is 0.465 e. The highest BCUT2D eigenvalue weighted by molar-refractivity contribution is 6.06. The molecule has 1 unspecified atom stereocenters. The second-order valence-corrected chi connectivity index (χ2v) is 8.18. The first-order valence-corrected chi connectivity index (χ1v) is 10.3. The molecular weight excluding hydrogens is 404 g/mol. The second-order valence-electron chi connectivity index (χ2n) is 8.18. The zero-order chi connectivity index (χ0) is 22.3. The molecule has 0 aromatic heterocycles. The lowest BCUT2D eigenvalue weighted by molar-refractivity contribution is -0.137. The van der Waals surface area contributed by atoms with E-state index >= 15 is 0 Å². The molecule has 31 heavy (non-hydrogen) atoms. The maximum absolute atomic E-state index is 12.9. The Hall–Kier alpha value is -3.43. The van der Waals surface area contributed by atoms with Gasteiger partial charge in [-0.15, -0.1) is 0 Å². The highest BCUT2D eigenvalue weighted by Gasteiger charge is 2.39. The molecule has 2 saturated heterocycles. The van der Waals surface area contributed by atoms with Crippen molar-refractivity contribution in [2.24, 2.45) is 5.92 Å². The van der Waals surface area contributed by atoms with Crippen LogP contribution in [0.25, 0.3) is 0 Å². The van der Waals surface area contributed by atoms with E-state index in [1.165, 1.54) is 9.80 Å². The fourth-order valence-electron chi connectivity index (χ4n) is 4.49. The van der Waals surface area contributed by atoms with Crippen LogP contribution >= 0.6 is 0 Å². The summed E-state index contributed by atoms with van der Waals surface area (Å²) in [5.74, 6) is -1.39. The van der Waals surface area contributed by atoms with E-state index in [-0.39, 0.29) is 36.6 Å². The summed E-state index contributed by atoms with van der Waals surface area (Å²) in [6.07, 6.45) is 0.470. The zero-order valence-corrected chi connectivity index (χ0v) is 17.2. The maximum atomic E-state index is 12.9. The van der Waals surface area contributed by atoms with Crippen molar-refractivity contribution in [2.75, 3.05) is 25.0 Å². The number of nitrogens with one attached hydrogen (secondary N) is 1. The number of likely N-dealkylation sites (tertiary alicyclic amines) is 1. The minimum absolute atomic E-state index is 0.0867. The molecule has 2 fully saturated rings. The Kier molecular flexibility index (Phi) is 5.38. The van der Waals surface area contributed by atoms with Gasteiger partial charge in [0.05, 0.1) is 0 Å². The Labute approximate surface area is 178 Å². The number of hydrogen-bond donors (Lipinski definition) is 2. The highest BCUT2D eigenvalue weighted by atomic mass is 16.4. The number of fused-ring (bicyclic) bond motifs is 1. The molecule has 3 aliphatic rings. The van der Waals surface area contributed by atoms with E-state index in [1.807, 2.05) is 0 Å². The number of benzene rings is 1. The predicted molar refractivity (Wildman–Crippen MR) is 108 cm³/mol. The number of carbonyl (C=O) groups is 5. The molecule has 0 spiro atoms. The minimum Gasteiger partial charge on any atom is -0.465 e. The fraction of sp³-hybridized carbons (Fsp3) is 0.476. The summed E-state index contributed by atoms with van der Waals surface area (Å²) in [6.45, 7) is 0.908. The van der Waals surface area contributed by atoms with Crippen molar-refractivity contribution in [2.45, 2.75) is 38.3 Å². The minimum atomic E-state index is -0.969. The van der Waals surface area contributed by atoms with Crippen LogP contribution in [0.2, 0.25) is 0 Å². The van der Waals surface area contributed by atoms with E-state index in [2.05, 4.69) is 5.32 Å². The van der Waals surface area contributed by atoms with Gasteiger partial charge in [0.1, 0.15) is 6.04 Å². The van der Waals surface area contributed by atoms with Crippen LogP contribution in [0.4, 0.5) is 10.5 Å². The van der Waals surface area contributed by atoms with E-state index in [9.17, 15) is 24.0 Å². The van der Waals surface area contributed by atoms with Crippen LogP contribution < -0.4 is 10.2 Å². The average Bonchev–Trinajstić information content (AvgIpc) is 3.08. The van der Waals surface area contributed by atoms with Crippen LogP contribution in [0.15, 0.2) is 18.2 Å². The van der Waals surface area contributed by atoms with Crippen LogP contribution in [0, 0.1) is 5.92 Å². The molecule has 164 valence electrons. The molecule has 3 heterocycles. The first-order valence-electron chi connectivity index (χ1n) is 10.3. The van der Waals surface area contributed by atoms with Gasteiger partial charge in [0, 0.05) is 50.3 Å². The normalized spacial score (nSPS) is 21.7. The van der Waals surface area contributed by atoms with Crippen LogP contribution in [0.5, 0.6) is 0 Å². The number of piperidine rings is 2. The van der Waals surface area contributed by atoms with Gasteiger partial charge in [-0.3, -0.25) is 24.5 Å². The number of nitrogens with zero attached hydrogens (tertiary/aromatic N) is 3. The third-order valence-corrected chi connectivity index (χ3v) is 6.34. The third kappa shape index (κ3) is 3.85. The van der Waals surface area contributed by atoms with Crippen LogP contribution in [-0.4, -0.2) is 70.8 Å². The number of hydrogen-bond acceptors (Lipinski definition) is 5. The fourth-order valence-corrected chi connectivity index (χ4v) is 4.49. The zero-order valence-electron chi connectivity index (χ0n) is 17.2. The number of carboxylic acid groups (broad SMARTS) is 1. The Morgan fingerprint density at radius 3 is 2.48 bits per heavy atom. The van der Waals surface area contributed by atoms with Crippen LogP contribution in [0.3, 0.4) is 0 Å². The van der Waals surface area contributed by atoms with Gasteiger partial charge in [0.25, 0.3) is 5.91 Å². The Balaban J connectivity index is 1.45. The molecule has 0 aliphatic carbocycles. The smallest absolute Gasteiger partial charge is 0.407 e. The van der Waals surface area contributed by atoms with Gasteiger partial charge in [-0.2, -0.15) is 0 Å². The van der Waals surface area contributed by atoms with Gasteiger partial charge in [0.15, 0.2) is 0 Å². The van der Waals surface area contributed by atoms with E-state index in [4.69, 9.17) is 5.11 Å². The summed E-state index contributed by atoms with van der Waals surface area (Å²) < 4.78 is 0. The molecule has 0 bridgehead atoms. The van der Waals surface area contributed by atoms with E-state index in [0.29, 0.717) is 43.6 Å². The van der Waals surface area contributed by atoms with Crippen molar-refractivity contribution < 1.29 is 29.1 Å². The van der Waals surface area contributed by atoms with Gasteiger partial charge in [-0.05, 0) is 43.0 Å². The lowest BCUT2D eigenvalue weighted by atomic mass is 9.95. The molecule has 3 aliphatic heterocycles. The number of anilines is 1. The molecule has 2 N–H and O–H groups in total. The van der Waals surface area contributed by atoms with Gasteiger partial charge >= 0.3 is 6.09 Å². The first-order chi connectivity index (χ1) is 14.8. The van der Waals surface area contributed by atoms with Gasteiger partial charge in [-0.1, -0.05) is 0 Å². The standard InChI is InChI=1S/C21H24N4O6/c1-23(19(28)12-6-8-24(9-7-12)21(30)31)14-2-3-15-13(10-14)11-25(20(15)29)16-4-5-17(26)22-18(16)27/h2-3,10,12,16H,4-9,11H2,1H3,(H,30,31)(H,22,26,27). The molecule has 1 aromatic rings. The summed E-state index contributed by atoms with van der Waals surface area (Å²) in [4.78, 5) is 64.7. The first kappa shape index (κ1) is 20.8. The molecule has 1 atom stereocenters. The quantitative estimate of drug-likeness (QED) is 0.686. The van der Waals surface area contributed by atoms with Crippen LogP contribution in [0.1, 0.15) is 41.6 Å². The number of carbonyl (C=O) groups excluding carboxylic acids is 4. The average molecular weight is 428 g/mol. The monoisotopic (exact) mass is 428 g/mol. The van der Waals surface area contributed by atoms with Gasteiger partial charge in [-0.25, -0.2) is 4.79 Å². The van der Waals surface area contributed by atoms with Crippen molar-refractivity contribution in [3.63, 3.8) is 0 Å². The molecule has 1 aromatic carbocycles. The third-order valence-electron chi connectivity index (χ3n) is 6.34. The van der Waals surface area contributed by atoms with Crippen molar-refractivity contribution in [1.29, 1.82) is 0 Å². The van der Waals surface area contributed by atoms with E-state index in [1.54, 1.807) is 30.1 Å². The topological polar surface area (TPSA) is 127 Å². The molecule has 4 rings (SSSR count). The van der Waals surface area contributed by atoms with Crippen molar-refractivity contribution >= 4 is 35.4 Å². The van der Waals surface area contributed by atoms with Crippen LogP contribution in [-0.2, 0) is 20.9 Å². The number of imide groups is 1. The Bertz CT molecular complexity index is 969. The van der Waals surface area contributed by atoms with Crippen molar-refractivity contribution in [1.82, 2.24) is 15.1 Å². The summed E-state index contributed by atoms with van der Waals surface area (Å²) >= 11 is 0. The number of rotatable bonds is 3. The molecule has 10 nitrogen and oxygen atoms in total. The molecular formula is C21H24N4O6. The van der Waals surface area contributed by atoms with Crippen molar-refractivity contribution in [3.05, 3.63) is 29.3 Å². The molecule has 0 saturated carbocycles. The number of amides is 5. The summed E-state index contributed by atoms with van der Waals surface area (Å²) in [5, 5.41) is 11.3. The van der Waals surface area contributed by atoms with E-state index < -0.39 is 18.0 Å². The molecule has 10 heteroatoms. The van der Waals surface area contributed by atoms with E-state index in [0.717, 1.165) is 5.56 Å². The maximum Gasteiger partial charge on any atom is 0.407 e. The molecule has 0 radical (unpaired) electrons. The van der Waals surface area contributed by atoms with Gasteiger partial charge < -0.3 is 19.8 Å².